The van der Waals surface area contributed by atoms with E-state index in [9.17, 15) is 0 Å². The second-order valence-electron chi connectivity index (χ2n) is 3.35. The zero-order valence-electron chi connectivity index (χ0n) is 10.5. The average molecular weight is 298 g/mol. The fraction of sp³-hybridized carbons (Fsp3) is 1.00. The topological polar surface area (TPSA) is 46.8 Å². The molecule has 0 unspecified atom stereocenters. The molecule has 0 atom stereocenters. The molecule has 0 heterocycles. The summed E-state index contributed by atoms with van der Waals surface area (Å²) < 4.78 is 19.2. The van der Waals surface area contributed by atoms with Gasteiger partial charge in [-0.15, -0.1) is 0 Å². The molecule has 0 aliphatic rings. The Labute approximate surface area is 104 Å². The van der Waals surface area contributed by atoms with Crippen molar-refractivity contribution in [1.29, 1.82) is 0 Å². The van der Waals surface area contributed by atoms with Crippen LogP contribution >= 0.6 is 33.9 Å². The molecule has 6 nitrogen and oxygen atoms in total. The van der Waals surface area contributed by atoms with Crippen molar-refractivity contribution < 1.29 is 0 Å². The van der Waals surface area contributed by atoms with Gasteiger partial charge in [0.05, 0.1) is 0 Å². The number of hydrogen-bond acceptors (Lipinski definition) is 3. The van der Waals surface area contributed by atoms with E-state index < -0.39 is 8.37 Å². The molecule has 0 rings (SSSR count). The molecule has 0 aliphatic heterocycles. The van der Waals surface area contributed by atoms with Gasteiger partial charge >= 0.3 is 0 Å². The van der Waals surface area contributed by atoms with Crippen molar-refractivity contribution in [3.8, 4) is 0 Å². The minimum atomic E-state index is -0.945. The SMILES string of the molecule is CN(C)P=NP(N=PN(C)C)N=PN(C)C. The highest BCUT2D eigenvalue weighted by Gasteiger charge is 2.02. The van der Waals surface area contributed by atoms with E-state index in [0.717, 1.165) is 25.6 Å². The predicted octanol–water partition coefficient (Wildman–Crippen LogP) is 4.03. The van der Waals surface area contributed by atoms with Crippen LogP contribution in [0, 0.1) is 0 Å². The minimum absolute atomic E-state index is 0.913. The highest BCUT2D eigenvalue weighted by atomic mass is 31.2. The maximum atomic E-state index is 4.43. The van der Waals surface area contributed by atoms with Crippen LogP contribution in [0.3, 0.4) is 0 Å². The van der Waals surface area contributed by atoms with Crippen LogP contribution in [0.4, 0.5) is 0 Å². The Morgan fingerprint density at radius 1 is 0.625 bits per heavy atom. The molecule has 0 bridgehead atoms. The third-order valence-electron chi connectivity index (χ3n) is 0.897. The summed E-state index contributed by atoms with van der Waals surface area (Å²) in [5.41, 5.74) is 0. The molecule has 0 N–H and O–H groups in total. The molecule has 0 radical (unpaired) electrons. The molecular formula is C6H18N6P4. The van der Waals surface area contributed by atoms with Gasteiger partial charge in [0.25, 0.3) is 8.37 Å². The monoisotopic (exact) mass is 298 g/mol. The summed E-state index contributed by atoms with van der Waals surface area (Å²) >= 11 is 0. The van der Waals surface area contributed by atoms with Crippen LogP contribution in [-0.4, -0.2) is 56.3 Å². The standard InChI is InChI=1S/C6H18N6P4/c1-10(2)13-7-16(8-14-11(3)4)9-15-12(5)6/h1-6H3. The highest BCUT2D eigenvalue weighted by Crippen LogP contribution is 2.49. The predicted molar refractivity (Wildman–Crippen MR) is 76.0 cm³/mol. The molecule has 0 aromatic rings. The Morgan fingerprint density at radius 3 is 1.06 bits per heavy atom. The second-order valence-corrected chi connectivity index (χ2v) is 8.97. The Hall–Kier alpha value is 0.610. The maximum Gasteiger partial charge on any atom is 0.283 e. The molecule has 0 aliphatic carbocycles. The average Bonchev–Trinajstić information content (AvgIpc) is 2.15. The van der Waals surface area contributed by atoms with Crippen molar-refractivity contribution >= 4 is 33.9 Å². The summed E-state index contributed by atoms with van der Waals surface area (Å²) in [4.78, 5) is 0. The zero-order valence-corrected chi connectivity index (χ0v) is 14.0. The van der Waals surface area contributed by atoms with Gasteiger partial charge in [-0.05, 0) is 42.3 Å². The summed E-state index contributed by atoms with van der Waals surface area (Å²) in [6, 6.07) is 0. The normalized spacial score (nSPS) is 15.6. The first kappa shape index (κ1) is 16.6. The van der Waals surface area contributed by atoms with Gasteiger partial charge in [0, 0.05) is 0 Å². The Kier molecular flexibility index (Phi) is 9.99. The van der Waals surface area contributed by atoms with E-state index in [-0.39, 0.29) is 0 Å². The lowest BCUT2D eigenvalue weighted by Gasteiger charge is -2.03. The molecule has 0 aromatic carbocycles. The molecule has 0 spiro atoms. The second kappa shape index (κ2) is 9.62. The quantitative estimate of drug-likeness (QED) is 0.695. The molecule has 0 saturated heterocycles. The van der Waals surface area contributed by atoms with Crippen molar-refractivity contribution in [3.63, 3.8) is 0 Å². The summed E-state index contributed by atoms with van der Waals surface area (Å²) in [6.07, 6.45) is 0. The molecule has 92 valence electrons. The first-order chi connectivity index (χ1) is 7.41. The molecule has 0 aromatic heterocycles. The summed E-state index contributed by atoms with van der Waals surface area (Å²) in [6.45, 7) is 0. The van der Waals surface area contributed by atoms with Crippen LogP contribution in [0.25, 0.3) is 0 Å². The van der Waals surface area contributed by atoms with E-state index in [0.29, 0.717) is 0 Å². The Morgan fingerprint density at radius 2 is 0.875 bits per heavy atom. The molecule has 16 heavy (non-hydrogen) atoms. The van der Waals surface area contributed by atoms with Crippen LogP contribution in [0.5, 0.6) is 0 Å². The summed E-state index contributed by atoms with van der Waals surface area (Å²) in [7, 11) is 13.7. The molecule has 0 saturated carbocycles. The van der Waals surface area contributed by atoms with Crippen LogP contribution in [-0.2, 0) is 0 Å². The van der Waals surface area contributed by atoms with E-state index in [1.54, 1.807) is 0 Å². The van der Waals surface area contributed by atoms with Gasteiger partial charge in [0.15, 0.2) is 0 Å². The van der Waals surface area contributed by atoms with Crippen LogP contribution < -0.4 is 0 Å². The van der Waals surface area contributed by atoms with Gasteiger partial charge in [-0.3, -0.25) is 0 Å². The van der Waals surface area contributed by atoms with Gasteiger partial charge in [-0.2, -0.15) is 13.5 Å². The lowest BCUT2D eigenvalue weighted by atomic mass is 11.3. The molecule has 10 heteroatoms. The maximum absolute atomic E-state index is 4.43. The fourth-order valence-corrected chi connectivity index (χ4v) is 4.57. The van der Waals surface area contributed by atoms with Gasteiger partial charge in [0.1, 0.15) is 25.6 Å². The van der Waals surface area contributed by atoms with E-state index in [1.165, 1.54) is 0 Å². The minimum Gasteiger partial charge on any atom is -0.248 e. The smallest absolute Gasteiger partial charge is 0.248 e. The highest BCUT2D eigenvalue weighted by molar-refractivity contribution is 7.63. The molecule has 0 amide bonds. The largest absolute Gasteiger partial charge is 0.283 e. The van der Waals surface area contributed by atoms with Gasteiger partial charge in [0.2, 0.25) is 0 Å². The first-order valence-electron chi connectivity index (χ1n) is 4.48. The Bertz CT molecular complexity index is 221. The van der Waals surface area contributed by atoms with Crippen molar-refractivity contribution in [2.24, 2.45) is 13.5 Å². The zero-order chi connectivity index (χ0) is 12.6. The van der Waals surface area contributed by atoms with Crippen molar-refractivity contribution in [2.75, 3.05) is 42.3 Å². The van der Waals surface area contributed by atoms with E-state index in [4.69, 9.17) is 0 Å². The third-order valence-corrected chi connectivity index (χ3v) is 4.85. The van der Waals surface area contributed by atoms with E-state index in [1.807, 2.05) is 56.3 Å². The van der Waals surface area contributed by atoms with Crippen molar-refractivity contribution in [1.82, 2.24) is 14.0 Å². The third kappa shape index (κ3) is 11.1. The van der Waals surface area contributed by atoms with Crippen molar-refractivity contribution in [2.45, 2.75) is 0 Å². The van der Waals surface area contributed by atoms with Gasteiger partial charge in [-0.25, -0.2) is 14.0 Å². The van der Waals surface area contributed by atoms with Crippen LogP contribution in [0.2, 0.25) is 0 Å². The van der Waals surface area contributed by atoms with E-state index in [2.05, 4.69) is 13.5 Å². The van der Waals surface area contributed by atoms with Crippen LogP contribution in [0.15, 0.2) is 13.5 Å². The van der Waals surface area contributed by atoms with Crippen molar-refractivity contribution in [3.05, 3.63) is 0 Å². The summed E-state index contributed by atoms with van der Waals surface area (Å²) in [5, 5.41) is 0. The first-order valence-corrected chi connectivity index (χ1v) is 8.08. The Balaban J connectivity index is 4.51. The van der Waals surface area contributed by atoms with Crippen LogP contribution in [0.1, 0.15) is 0 Å². The number of rotatable bonds is 6. The van der Waals surface area contributed by atoms with E-state index >= 15 is 0 Å². The molecular weight excluding hydrogens is 280 g/mol. The summed E-state index contributed by atoms with van der Waals surface area (Å²) in [5.74, 6) is 0. The van der Waals surface area contributed by atoms with Gasteiger partial charge in [-0.1, -0.05) is 0 Å². The number of nitrogens with zero attached hydrogens (tertiary/aromatic N) is 6. The fourth-order valence-electron chi connectivity index (χ4n) is 0.401. The number of hydrogen-bond donors (Lipinski definition) is 0. The molecule has 0 fully saturated rings. The van der Waals surface area contributed by atoms with Gasteiger partial charge < -0.3 is 0 Å². The lowest BCUT2D eigenvalue weighted by Crippen LogP contribution is -1.92. The lowest BCUT2D eigenvalue weighted by molar-refractivity contribution is 0.696.